The molecule has 2 aromatic rings. The Morgan fingerprint density at radius 2 is 1.95 bits per heavy atom. The first-order valence-electron chi connectivity index (χ1n) is 6.03. The van der Waals surface area contributed by atoms with Crippen LogP contribution >= 0.6 is 11.6 Å². The first-order valence-corrected chi connectivity index (χ1v) is 6.41. The summed E-state index contributed by atoms with van der Waals surface area (Å²) in [5, 5.41) is 9.83. The molecule has 2 aromatic carbocycles. The predicted octanol–water partition coefficient (Wildman–Crippen LogP) is 3.28. The number of ether oxygens (including phenoxy) is 1. The van der Waals surface area contributed by atoms with Crippen LogP contribution in [0.2, 0.25) is 5.02 Å². The maximum absolute atomic E-state index is 11.3. The van der Waals surface area contributed by atoms with Crippen LogP contribution in [-0.4, -0.2) is 11.0 Å². The van der Waals surface area contributed by atoms with E-state index in [-0.39, 0.29) is 5.56 Å². The molecule has 1 amide bonds. The summed E-state index contributed by atoms with van der Waals surface area (Å²) in [4.78, 5) is 11.3. The highest BCUT2D eigenvalue weighted by Gasteiger charge is 2.12. The second kappa shape index (κ2) is 5.94. The average molecular weight is 292 g/mol. The van der Waals surface area contributed by atoms with E-state index in [9.17, 15) is 9.90 Å². The van der Waals surface area contributed by atoms with Crippen molar-refractivity contribution in [1.82, 2.24) is 0 Å². The highest BCUT2D eigenvalue weighted by Crippen LogP contribution is 2.33. The Kier molecular flexibility index (Phi) is 4.27. The molecular formula is C15H14ClNO3. The fourth-order valence-corrected chi connectivity index (χ4v) is 1.96. The van der Waals surface area contributed by atoms with Gasteiger partial charge in [-0.1, -0.05) is 29.8 Å². The van der Waals surface area contributed by atoms with Gasteiger partial charge in [0.15, 0.2) is 0 Å². The van der Waals surface area contributed by atoms with Crippen molar-refractivity contribution in [1.29, 1.82) is 0 Å². The van der Waals surface area contributed by atoms with Gasteiger partial charge in [-0.05, 0) is 36.8 Å². The lowest BCUT2D eigenvalue weighted by Gasteiger charge is -2.12. The first-order chi connectivity index (χ1) is 9.49. The van der Waals surface area contributed by atoms with Crippen LogP contribution in [0.15, 0.2) is 42.5 Å². The van der Waals surface area contributed by atoms with E-state index in [1.165, 1.54) is 0 Å². The molecule has 1 atom stereocenters. The summed E-state index contributed by atoms with van der Waals surface area (Å²) in [5.41, 5.74) is 6.25. The Morgan fingerprint density at radius 1 is 1.25 bits per heavy atom. The summed E-state index contributed by atoms with van der Waals surface area (Å²) in [6, 6.07) is 11.6. The normalized spacial score (nSPS) is 11.9. The summed E-state index contributed by atoms with van der Waals surface area (Å²) < 4.78 is 5.62. The quantitative estimate of drug-likeness (QED) is 0.908. The van der Waals surface area contributed by atoms with E-state index in [0.29, 0.717) is 22.1 Å². The molecule has 3 N–H and O–H groups in total. The third-order valence-electron chi connectivity index (χ3n) is 2.81. The smallest absolute Gasteiger partial charge is 0.252 e. The number of amides is 1. The van der Waals surface area contributed by atoms with E-state index in [2.05, 4.69) is 0 Å². The van der Waals surface area contributed by atoms with Crippen LogP contribution in [0, 0.1) is 0 Å². The Morgan fingerprint density at radius 3 is 2.55 bits per heavy atom. The van der Waals surface area contributed by atoms with Gasteiger partial charge in [-0.15, -0.1) is 0 Å². The minimum Gasteiger partial charge on any atom is -0.455 e. The second-order valence-corrected chi connectivity index (χ2v) is 4.74. The number of carbonyl (C=O) groups excluding carboxylic acids is 1. The van der Waals surface area contributed by atoms with E-state index in [1.54, 1.807) is 49.4 Å². The maximum Gasteiger partial charge on any atom is 0.252 e. The fraction of sp³-hybridized carbons (Fsp3) is 0.133. The van der Waals surface area contributed by atoms with Gasteiger partial charge in [0, 0.05) is 0 Å². The Labute approximate surface area is 121 Å². The van der Waals surface area contributed by atoms with Crippen LogP contribution in [0.25, 0.3) is 0 Å². The van der Waals surface area contributed by atoms with Crippen LogP contribution in [0.3, 0.4) is 0 Å². The van der Waals surface area contributed by atoms with E-state index >= 15 is 0 Å². The molecule has 0 heterocycles. The second-order valence-electron chi connectivity index (χ2n) is 4.33. The number of benzene rings is 2. The zero-order chi connectivity index (χ0) is 14.7. The number of carbonyl (C=O) groups is 1. The van der Waals surface area contributed by atoms with Crippen molar-refractivity contribution in [3.05, 3.63) is 58.6 Å². The highest BCUT2D eigenvalue weighted by molar-refractivity contribution is 6.32. The van der Waals surface area contributed by atoms with Gasteiger partial charge in [0.05, 0.1) is 16.7 Å². The summed E-state index contributed by atoms with van der Waals surface area (Å²) >= 11 is 6.10. The first kappa shape index (κ1) is 14.4. The van der Waals surface area contributed by atoms with Gasteiger partial charge in [-0.3, -0.25) is 4.79 Å². The molecule has 0 saturated heterocycles. The van der Waals surface area contributed by atoms with Crippen molar-refractivity contribution in [2.24, 2.45) is 5.73 Å². The van der Waals surface area contributed by atoms with Gasteiger partial charge < -0.3 is 15.6 Å². The number of primary amides is 1. The van der Waals surface area contributed by atoms with Gasteiger partial charge in [0.1, 0.15) is 11.5 Å². The van der Waals surface area contributed by atoms with E-state index < -0.39 is 12.0 Å². The maximum atomic E-state index is 11.3. The zero-order valence-corrected chi connectivity index (χ0v) is 11.6. The number of aliphatic hydroxyl groups is 1. The largest absolute Gasteiger partial charge is 0.455 e. The molecule has 4 nitrogen and oxygen atoms in total. The lowest BCUT2D eigenvalue weighted by atomic mass is 10.1. The van der Waals surface area contributed by atoms with E-state index in [4.69, 9.17) is 22.1 Å². The van der Waals surface area contributed by atoms with Crippen LogP contribution < -0.4 is 10.5 Å². The molecule has 0 aliphatic rings. The van der Waals surface area contributed by atoms with Crippen molar-refractivity contribution in [3.63, 3.8) is 0 Å². The number of hydrogen-bond donors (Lipinski definition) is 2. The molecule has 0 unspecified atom stereocenters. The van der Waals surface area contributed by atoms with Gasteiger partial charge in [0.2, 0.25) is 0 Å². The molecule has 0 aliphatic carbocycles. The Bertz CT molecular complexity index is 641. The minimum absolute atomic E-state index is 0.281. The molecule has 0 fully saturated rings. The molecule has 2 rings (SSSR count). The molecule has 0 saturated carbocycles. The lowest BCUT2D eigenvalue weighted by Crippen LogP contribution is -2.12. The average Bonchev–Trinajstić information content (AvgIpc) is 2.41. The zero-order valence-electron chi connectivity index (χ0n) is 10.8. The molecule has 20 heavy (non-hydrogen) atoms. The van der Waals surface area contributed by atoms with Crippen LogP contribution in [0.4, 0.5) is 0 Å². The minimum atomic E-state index is -0.612. The van der Waals surface area contributed by atoms with Crippen molar-refractivity contribution in [2.75, 3.05) is 0 Å². The van der Waals surface area contributed by atoms with Crippen molar-refractivity contribution in [3.8, 4) is 11.5 Å². The highest BCUT2D eigenvalue weighted by atomic mass is 35.5. The van der Waals surface area contributed by atoms with Gasteiger partial charge in [-0.2, -0.15) is 0 Å². The number of nitrogens with two attached hydrogens (primary N) is 1. The Hall–Kier alpha value is -2.04. The number of rotatable bonds is 4. The van der Waals surface area contributed by atoms with Crippen LogP contribution in [-0.2, 0) is 0 Å². The van der Waals surface area contributed by atoms with Crippen molar-refractivity contribution < 1.29 is 14.6 Å². The summed E-state index contributed by atoms with van der Waals surface area (Å²) in [6.45, 7) is 1.65. The topological polar surface area (TPSA) is 72.6 Å². The van der Waals surface area contributed by atoms with Crippen molar-refractivity contribution >= 4 is 17.5 Å². The third kappa shape index (κ3) is 3.10. The molecular weight excluding hydrogens is 278 g/mol. The van der Waals surface area contributed by atoms with Crippen LogP contribution in [0.1, 0.15) is 28.9 Å². The van der Waals surface area contributed by atoms with Crippen LogP contribution in [0.5, 0.6) is 11.5 Å². The van der Waals surface area contributed by atoms with Gasteiger partial charge >= 0.3 is 0 Å². The van der Waals surface area contributed by atoms with E-state index in [0.717, 1.165) is 0 Å². The van der Waals surface area contributed by atoms with Gasteiger partial charge in [-0.25, -0.2) is 0 Å². The summed E-state index contributed by atoms with van der Waals surface area (Å²) in [6.07, 6.45) is -0.612. The summed E-state index contributed by atoms with van der Waals surface area (Å²) in [7, 11) is 0. The number of halogens is 1. The molecule has 5 heteroatoms. The molecule has 104 valence electrons. The lowest BCUT2D eigenvalue weighted by molar-refractivity contribution is 0.0998. The predicted molar refractivity (Wildman–Crippen MR) is 77.1 cm³/mol. The SMILES string of the molecule is C[C@@H](O)c1ccc(Oc2ccccc2C(N)=O)c(Cl)c1. The van der Waals surface area contributed by atoms with Gasteiger partial charge in [0.25, 0.3) is 5.91 Å². The number of hydrogen-bond acceptors (Lipinski definition) is 3. The Balaban J connectivity index is 2.33. The standard InChI is InChI=1S/C15H14ClNO3/c1-9(18)10-6-7-14(12(16)8-10)20-13-5-3-2-4-11(13)15(17)19/h2-9,18H,1H3,(H2,17,19)/t9-/m1/s1. The monoisotopic (exact) mass is 291 g/mol. The number of aliphatic hydroxyl groups excluding tert-OH is 1. The molecule has 0 radical (unpaired) electrons. The fourth-order valence-electron chi connectivity index (χ4n) is 1.74. The molecule has 0 aliphatic heterocycles. The molecule has 0 bridgehead atoms. The molecule has 0 aromatic heterocycles. The van der Waals surface area contributed by atoms with Crippen molar-refractivity contribution in [2.45, 2.75) is 13.0 Å². The summed E-state index contributed by atoms with van der Waals surface area (Å²) in [5.74, 6) is 0.161. The third-order valence-corrected chi connectivity index (χ3v) is 3.11. The van der Waals surface area contributed by atoms with E-state index in [1.807, 2.05) is 0 Å². The molecule has 0 spiro atoms. The number of para-hydroxylation sites is 1.